The van der Waals surface area contributed by atoms with Crippen LogP contribution < -0.4 is 10.3 Å². The van der Waals surface area contributed by atoms with E-state index >= 15 is 0 Å². The van der Waals surface area contributed by atoms with Gasteiger partial charge in [-0.3, -0.25) is 9.36 Å². The minimum Gasteiger partial charge on any atom is -0.391 e. The van der Waals surface area contributed by atoms with Crippen LogP contribution in [0, 0.1) is 0 Å². The maximum absolute atomic E-state index is 13.2. The van der Waals surface area contributed by atoms with Gasteiger partial charge in [-0.15, -0.1) is 11.8 Å². The molecule has 2 aliphatic rings. The maximum Gasteiger partial charge on any atom is 0.337 e. The number of thioether (sulfide) groups is 1. The first-order chi connectivity index (χ1) is 15.7. The number of H-pyrrole nitrogens is 1. The SMILES string of the molecule is O=C(Oc1ncc[nH]1)C1CSc2c(C3CC3)c(Cc3cccc4ccccc34)cc(=O)n21. The smallest absolute Gasteiger partial charge is 0.337 e. The van der Waals surface area contributed by atoms with Crippen molar-refractivity contribution in [3.63, 3.8) is 0 Å². The largest absolute Gasteiger partial charge is 0.391 e. The summed E-state index contributed by atoms with van der Waals surface area (Å²) in [6, 6.07) is 15.9. The van der Waals surface area contributed by atoms with Crippen LogP contribution in [-0.4, -0.2) is 26.3 Å². The Balaban J connectivity index is 1.40. The van der Waals surface area contributed by atoms with Crippen LogP contribution in [0.25, 0.3) is 10.8 Å². The molecule has 1 unspecified atom stereocenters. The average molecular weight is 444 g/mol. The van der Waals surface area contributed by atoms with Gasteiger partial charge in [0, 0.05) is 24.2 Å². The van der Waals surface area contributed by atoms with E-state index in [2.05, 4.69) is 46.4 Å². The first-order valence-electron chi connectivity index (χ1n) is 10.8. The number of carbonyl (C=O) groups excluding carboxylic acids is 1. The second-order valence-electron chi connectivity index (χ2n) is 8.33. The lowest BCUT2D eigenvalue weighted by atomic mass is 9.95. The molecular formula is C25H21N3O3S. The van der Waals surface area contributed by atoms with Crippen LogP contribution in [0.4, 0.5) is 0 Å². The highest BCUT2D eigenvalue weighted by Gasteiger charge is 2.38. The lowest BCUT2D eigenvalue weighted by Gasteiger charge is -2.17. The lowest BCUT2D eigenvalue weighted by Crippen LogP contribution is -2.32. The highest BCUT2D eigenvalue weighted by molar-refractivity contribution is 7.99. The molecule has 0 bridgehead atoms. The number of carbonyl (C=O) groups is 1. The first-order valence-corrected chi connectivity index (χ1v) is 11.8. The second kappa shape index (κ2) is 7.67. The molecule has 2 aromatic heterocycles. The van der Waals surface area contributed by atoms with Crippen LogP contribution in [0.2, 0.25) is 0 Å². The molecular weight excluding hydrogens is 422 g/mol. The van der Waals surface area contributed by atoms with E-state index in [1.807, 2.05) is 6.07 Å². The molecule has 1 atom stereocenters. The average Bonchev–Trinajstić information content (AvgIpc) is 3.30. The summed E-state index contributed by atoms with van der Waals surface area (Å²) in [5.41, 5.74) is 3.38. The Labute approximate surface area is 188 Å². The Morgan fingerprint density at radius 3 is 2.81 bits per heavy atom. The Morgan fingerprint density at radius 1 is 1.16 bits per heavy atom. The number of nitrogens with one attached hydrogen (secondary N) is 1. The van der Waals surface area contributed by atoms with E-state index in [0.29, 0.717) is 18.1 Å². The van der Waals surface area contributed by atoms with Gasteiger partial charge in [0.25, 0.3) is 5.56 Å². The molecule has 0 saturated heterocycles. The van der Waals surface area contributed by atoms with E-state index in [1.54, 1.807) is 28.6 Å². The highest BCUT2D eigenvalue weighted by Crippen LogP contribution is 2.48. The topological polar surface area (TPSA) is 77.0 Å². The molecule has 7 heteroatoms. The molecule has 0 amide bonds. The lowest BCUT2D eigenvalue weighted by molar-refractivity contribution is -0.138. The zero-order valence-corrected chi connectivity index (χ0v) is 18.1. The number of hydrogen-bond donors (Lipinski definition) is 1. The Morgan fingerprint density at radius 2 is 2.00 bits per heavy atom. The second-order valence-corrected chi connectivity index (χ2v) is 9.34. The van der Waals surface area contributed by atoms with Crippen molar-refractivity contribution < 1.29 is 9.53 Å². The summed E-state index contributed by atoms with van der Waals surface area (Å²) in [7, 11) is 0. The predicted molar refractivity (Wildman–Crippen MR) is 123 cm³/mol. The van der Waals surface area contributed by atoms with Crippen LogP contribution in [0.15, 0.2) is 70.7 Å². The number of benzene rings is 2. The molecule has 0 spiro atoms. The van der Waals surface area contributed by atoms with Crippen molar-refractivity contribution in [1.29, 1.82) is 0 Å². The number of ether oxygens (including phenoxy) is 1. The van der Waals surface area contributed by atoms with Crippen molar-refractivity contribution in [1.82, 2.24) is 14.5 Å². The summed E-state index contributed by atoms with van der Waals surface area (Å²) in [5.74, 6) is 0.484. The van der Waals surface area contributed by atoms with Crippen molar-refractivity contribution in [2.45, 2.75) is 36.2 Å². The predicted octanol–water partition coefficient (Wildman–Crippen LogP) is 4.45. The van der Waals surface area contributed by atoms with Crippen LogP contribution >= 0.6 is 11.8 Å². The molecule has 1 fully saturated rings. The number of esters is 1. The summed E-state index contributed by atoms with van der Waals surface area (Å²) in [4.78, 5) is 32.7. The van der Waals surface area contributed by atoms with Crippen molar-refractivity contribution in [3.8, 4) is 6.01 Å². The van der Waals surface area contributed by atoms with Gasteiger partial charge < -0.3 is 9.72 Å². The third kappa shape index (κ3) is 3.33. The van der Waals surface area contributed by atoms with Gasteiger partial charge in [-0.2, -0.15) is 0 Å². The third-order valence-corrected chi connectivity index (χ3v) is 7.38. The van der Waals surface area contributed by atoms with Gasteiger partial charge >= 0.3 is 12.0 Å². The summed E-state index contributed by atoms with van der Waals surface area (Å²) in [5, 5.41) is 3.34. The number of pyridine rings is 1. The Kier molecular flexibility index (Phi) is 4.64. The minimum absolute atomic E-state index is 0.147. The molecule has 3 heterocycles. The molecule has 32 heavy (non-hydrogen) atoms. The summed E-state index contributed by atoms with van der Waals surface area (Å²) in [6.07, 6.45) is 6.07. The van der Waals surface area contributed by atoms with E-state index in [0.717, 1.165) is 23.4 Å². The van der Waals surface area contributed by atoms with E-state index in [1.165, 1.54) is 28.1 Å². The molecule has 1 aliphatic carbocycles. The fraction of sp³-hybridized carbons (Fsp3) is 0.240. The number of imidazole rings is 1. The molecule has 1 aliphatic heterocycles. The summed E-state index contributed by atoms with van der Waals surface area (Å²) >= 11 is 1.59. The quantitative estimate of drug-likeness (QED) is 0.461. The number of fused-ring (bicyclic) bond motifs is 2. The maximum atomic E-state index is 13.2. The highest BCUT2D eigenvalue weighted by atomic mass is 32.2. The van der Waals surface area contributed by atoms with E-state index < -0.39 is 12.0 Å². The fourth-order valence-electron chi connectivity index (χ4n) is 4.59. The summed E-state index contributed by atoms with van der Waals surface area (Å²) < 4.78 is 7.00. The van der Waals surface area contributed by atoms with Gasteiger partial charge in [-0.05, 0) is 52.6 Å². The molecule has 160 valence electrons. The van der Waals surface area contributed by atoms with Crippen molar-refractivity contribution >= 4 is 28.5 Å². The Bertz CT molecular complexity index is 1380. The van der Waals surface area contributed by atoms with E-state index in [4.69, 9.17) is 4.74 Å². The molecule has 2 aromatic carbocycles. The molecule has 6 rings (SSSR count). The molecule has 0 radical (unpaired) electrons. The monoisotopic (exact) mass is 443 g/mol. The van der Waals surface area contributed by atoms with Crippen molar-refractivity contribution in [2.75, 3.05) is 5.75 Å². The zero-order chi connectivity index (χ0) is 21.7. The van der Waals surface area contributed by atoms with E-state index in [9.17, 15) is 9.59 Å². The molecule has 1 saturated carbocycles. The number of aromatic nitrogens is 3. The molecule has 6 nitrogen and oxygen atoms in total. The minimum atomic E-state index is -0.642. The molecule has 1 N–H and O–H groups in total. The normalized spacial score (nSPS) is 17.4. The van der Waals surface area contributed by atoms with Crippen LogP contribution in [0.5, 0.6) is 6.01 Å². The molecule has 4 aromatic rings. The van der Waals surface area contributed by atoms with Crippen LogP contribution in [0.3, 0.4) is 0 Å². The van der Waals surface area contributed by atoms with Gasteiger partial charge in [0.1, 0.15) is 6.04 Å². The van der Waals surface area contributed by atoms with Gasteiger partial charge in [0.2, 0.25) is 0 Å². The van der Waals surface area contributed by atoms with Crippen molar-refractivity contribution in [2.24, 2.45) is 0 Å². The Hall–Kier alpha value is -3.32. The van der Waals surface area contributed by atoms with Gasteiger partial charge in [0.15, 0.2) is 0 Å². The van der Waals surface area contributed by atoms with Crippen LogP contribution in [0.1, 0.15) is 41.5 Å². The first kappa shape index (κ1) is 19.4. The number of aromatic amines is 1. The number of rotatable bonds is 5. The summed E-state index contributed by atoms with van der Waals surface area (Å²) in [6.45, 7) is 0. The number of hydrogen-bond acceptors (Lipinski definition) is 5. The van der Waals surface area contributed by atoms with Gasteiger partial charge in [0.05, 0.1) is 5.03 Å². The van der Waals surface area contributed by atoms with Gasteiger partial charge in [-0.25, -0.2) is 9.78 Å². The zero-order valence-electron chi connectivity index (χ0n) is 17.3. The van der Waals surface area contributed by atoms with Crippen molar-refractivity contribution in [3.05, 3.63) is 88.0 Å². The van der Waals surface area contributed by atoms with Gasteiger partial charge in [-0.1, -0.05) is 42.5 Å². The number of nitrogens with zero attached hydrogens (tertiary/aromatic N) is 2. The third-order valence-electron chi connectivity index (χ3n) is 6.21. The van der Waals surface area contributed by atoms with E-state index in [-0.39, 0.29) is 11.6 Å². The standard InChI is InChI=1S/C25H21N3O3S/c29-21-13-18(12-17-6-3-5-15-4-1-2-7-19(15)17)22(16-8-9-16)23-28(21)20(14-32-23)24(30)31-25-26-10-11-27-25/h1-7,10-11,13,16,20H,8-9,12,14H2,(H,26,27). The fourth-order valence-corrected chi connectivity index (χ4v) is 6.00. The van der Waals surface area contributed by atoms with Crippen LogP contribution in [-0.2, 0) is 11.2 Å².